The highest BCUT2D eigenvalue weighted by Crippen LogP contribution is 2.34. The van der Waals surface area contributed by atoms with Crippen LogP contribution < -0.4 is 20.1 Å². The minimum absolute atomic E-state index is 0.140. The number of halogens is 1. The van der Waals surface area contributed by atoms with Crippen molar-refractivity contribution in [3.63, 3.8) is 0 Å². The number of anilines is 2. The van der Waals surface area contributed by atoms with Crippen LogP contribution in [0.5, 0.6) is 11.5 Å². The van der Waals surface area contributed by atoms with Crippen molar-refractivity contribution in [3.05, 3.63) is 41.4 Å². The van der Waals surface area contributed by atoms with Gasteiger partial charge in [0.25, 0.3) is 0 Å². The Morgan fingerprint density at radius 3 is 2.36 bits per heavy atom. The molecule has 2 aromatic rings. The largest absolute Gasteiger partial charge is 0.486 e. The predicted octanol–water partition coefficient (Wildman–Crippen LogP) is 3.11. The van der Waals surface area contributed by atoms with E-state index in [1.807, 2.05) is 0 Å². The first-order valence-corrected chi connectivity index (χ1v) is 12.3. The first-order valence-electron chi connectivity index (χ1n) is 10.5. The van der Waals surface area contributed by atoms with E-state index in [0.717, 1.165) is 0 Å². The highest BCUT2D eigenvalue weighted by atomic mass is 35.5. The third-order valence-electron chi connectivity index (χ3n) is 5.52. The van der Waals surface area contributed by atoms with Gasteiger partial charge in [0, 0.05) is 37.7 Å². The van der Waals surface area contributed by atoms with E-state index in [-0.39, 0.29) is 35.7 Å². The van der Waals surface area contributed by atoms with Gasteiger partial charge in [-0.05, 0) is 43.2 Å². The van der Waals surface area contributed by atoms with Crippen LogP contribution in [0.1, 0.15) is 19.8 Å². The average Bonchev–Trinajstić information content (AvgIpc) is 2.80. The van der Waals surface area contributed by atoms with Crippen LogP contribution in [0, 0.1) is 5.92 Å². The van der Waals surface area contributed by atoms with Crippen molar-refractivity contribution in [2.24, 2.45) is 5.92 Å². The van der Waals surface area contributed by atoms with Gasteiger partial charge in [0.2, 0.25) is 21.8 Å². The molecule has 0 radical (unpaired) electrons. The number of carbonyl (C=O) groups is 2. The summed E-state index contributed by atoms with van der Waals surface area (Å²) in [5.74, 6) is 0.154. The second-order valence-corrected chi connectivity index (χ2v) is 10.2. The first-order chi connectivity index (χ1) is 15.7. The van der Waals surface area contributed by atoms with Crippen LogP contribution in [0.15, 0.2) is 41.3 Å². The predicted molar refractivity (Wildman–Crippen MR) is 123 cm³/mol. The van der Waals surface area contributed by atoms with Crippen molar-refractivity contribution in [2.45, 2.75) is 24.7 Å². The minimum Gasteiger partial charge on any atom is -0.486 e. The fourth-order valence-electron chi connectivity index (χ4n) is 3.82. The van der Waals surface area contributed by atoms with E-state index >= 15 is 0 Å². The number of piperidine rings is 1. The van der Waals surface area contributed by atoms with E-state index < -0.39 is 10.0 Å². The zero-order valence-electron chi connectivity index (χ0n) is 18.0. The molecule has 0 aromatic heterocycles. The molecule has 2 aliphatic heterocycles. The molecule has 33 heavy (non-hydrogen) atoms. The summed E-state index contributed by atoms with van der Waals surface area (Å²) in [4.78, 5) is 24.0. The molecule has 0 unspecified atom stereocenters. The zero-order valence-corrected chi connectivity index (χ0v) is 19.5. The van der Waals surface area contributed by atoms with Crippen LogP contribution in [-0.2, 0) is 19.6 Å². The Labute approximate surface area is 197 Å². The smallest absolute Gasteiger partial charge is 0.243 e. The summed E-state index contributed by atoms with van der Waals surface area (Å²) in [5, 5.41) is 5.72. The molecule has 1 saturated heterocycles. The average molecular weight is 494 g/mol. The second kappa shape index (κ2) is 9.58. The molecule has 11 heteroatoms. The van der Waals surface area contributed by atoms with Crippen molar-refractivity contribution in [3.8, 4) is 11.5 Å². The molecule has 0 saturated carbocycles. The van der Waals surface area contributed by atoms with Gasteiger partial charge in [0.05, 0.1) is 15.6 Å². The van der Waals surface area contributed by atoms with Crippen LogP contribution >= 0.6 is 11.6 Å². The quantitative estimate of drug-likeness (QED) is 0.661. The third-order valence-corrected chi connectivity index (χ3v) is 7.73. The summed E-state index contributed by atoms with van der Waals surface area (Å²) >= 11 is 6.22. The fraction of sp³-hybridized carbons (Fsp3) is 0.364. The summed E-state index contributed by atoms with van der Waals surface area (Å²) in [5.41, 5.74) is 0.963. The number of hydrogen-bond donors (Lipinski definition) is 2. The molecule has 2 aliphatic rings. The van der Waals surface area contributed by atoms with Gasteiger partial charge in [-0.2, -0.15) is 4.31 Å². The molecule has 2 heterocycles. The van der Waals surface area contributed by atoms with Gasteiger partial charge in [0.15, 0.2) is 11.5 Å². The molecular weight excluding hydrogens is 470 g/mol. The molecule has 9 nitrogen and oxygen atoms in total. The molecule has 0 bridgehead atoms. The van der Waals surface area contributed by atoms with E-state index in [9.17, 15) is 18.0 Å². The van der Waals surface area contributed by atoms with Crippen LogP contribution in [0.4, 0.5) is 11.4 Å². The number of fused-ring (bicyclic) bond motifs is 1. The SMILES string of the molecule is CC(=O)Nc1ccc(NC(=O)C2CCN(S(=O)(=O)c3ccc4c(c3)OCCO4)CC2)c(Cl)c1. The minimum atomic E-state index is -3.71. The van der Waals surface area contributed by atoms with Crippen molar-refractivity contribution >= 4 is 44.8 Å². The van der Waals surface area contributed by atoms with Crippen molar-refractivity contribution < 1.29 is 27.5 Å². The molecule has 2 N–H and O–H groups in total. The van der Waals surface area contributed by atoms with E-state index in [1.54, 1.807) is 24.3 Å². The van der Waals surface area contributed by atoms with Crippen LogP contribution in [0.3, 0.4) is 0 Å². The molecule has 0 spiro atoms. The summed E-state index contributed by atoms with van der Waals surface area (Å²) in [6.45, 7) is 2.65. The lowest BCUT2D eigenvalue weighted by molar-refractivity contribution is -0.121. The van der Waals surface area contributed by atoms with Crippen molar-refractivity contribution in [2.75, 3.05) is 36.9 Å². The van der Waals surface area contributed by atoms with Crippen molar-refractivity contribution in [1.29, 1.82) is 0 Å². The van der Waals surface area contributed by atoms with Gasteiger partial charge in [-0.15, -0.1) is 0 Å². The Morgan fingerprint density at radius 2 is 1.70 bits per heavy atom. The monoisotopic (exact) mass is 493 g/mol. The molecule has 2 aromatic carbocycles. The Balaban J connectivity index is 1.37. The molecule has 0 atom stereocenters. The third kappa shape index (κ3) is 5.23. The highest BCUT2D eigenvalue weighted by Gasteiger charge is 2.33. The molecule has 4 rings (SSSR count). The number of hydrogen-bond acceptors (Lipinski definition) is 6. The number of benzene rings is 2. The van der Waals surface area contributed by atoms with Gasteiger partial charge in [-0.1, -0.05) is 11.6 Å². The number of sulfonamides is 1. The van der Waals surface area contributed by atoms with Gasteiger partial charge < -0.3 is 20.1 Å². The fourth-order valence-corrected chi connectivity index (χ4v) is 5.54. The highest BCUT2D eigenvalue weighted by molar-refractivity contribution is 7.89. The lowest BCUT2D eigenvalue weighted by Crippen LogP contribution is -2.41. The lowest BCUT2D eigenvalue weighted by atomic mass is 9.97. The van der Waals surface area contributed by atoms with E-state index in [4.69, 9.17) is 21.1 Å². The van der Waals surface area contributed by atoms with Crippen molar-refractivity contribution in [1.82, 2.24) is 4.31 Å². The van der Waals surface area contributed by atoms with Crippen LogP contribution in [0.2, 0.25) is 5.02 Å². The van der Waals surface area contributed by atoms with E-state index in [0.29, 0.717) is 54.0 Å². The summed E-state index contributed by atoms with van der Waals surface area (Å²) in [6.07, 6.45) is 0.772. The van der Waals surface area contributed by atoms with Crippen LogP contribution in [0.25, 0.3) is 0 Å². The lowest BCUT2D eigenvalue weighted by Gasteiger charge is -2.31. The maximum Gasteiger partial charge on any atom is 0.243 e. The van der Waals surface area contributed by atoms with Gasteiger partial charge in [-0.25, -0.2) is 8.42 Å². The number of ether oxygens (including phenoxy) is 2. The Hall–Kier alpha value is -2.82. The molecule has 2 amide bonds. The Bertz CT molecular complexity index is 1180. The van der Waals surface area contributed by atoms with Gasteiger partial charge in [0.1, 0.15) is 13.2 Å². The Kier molecular flexibility index (Phi) is 6.78. The maximum atomic E-state index is 13.1. The summed E-state index contributed by atoms with van der Waals surface area (Å²) in [7, 11) is -3.71. The van der Waals surface area contributed by atoms with Gasteiger partial charge >= 0.3 is 0 Å². The number of nitrogens with one attached hydrogen (secondary N) is 2. The standard InChI is InChI=1S/C22H24ClN3O6S/c1-14(27)24-16-2-4-19(18(23)12-16)25-22(28)15-6-8-26(9-7-15)33(29,30)17-3-5-20-21(13-17)32-11-10-31-20/h2-5,12-13,15H,6-11H2,1H3,(H,24,27)(H,25,28). The van der Waals surface area contributed by atoms with E-state index in [2.05, 4.69) is 10.6 Å². The normalized spacial score (nSPS) is 16.8. The molecular formula is C22H24ClN3O6S. The number of nitrogens with zero attached hydrogens (tertiary/aromatic N) is 1. The number of rotatable bonds is 5. The maximum absolute atomic E-state index is 13.1. The molecule has 176 valence electrons. The van der Waals surface area contributed by atoms with E-state index in [1.165, 1.54) is 23.4 Å². The number of carbonyl (C=O) groups excluding carboxylic acids is 2. The molecule has 0 aliphatic carbocycles. The van der Waals surface area contributed by atoms with Crippen LogP contribution in [-0.4, -0.2) is 50.8 Å². The second-order valence-electron chi connectivity index (χ2n) is 7.85. The summed E-state index contributed by atoms with van der Waals surface area (Å²) in [6, 6.07) is 9.41. The van der Waals surface area contributed by atoms with Gasteiger partial charge in [-0.3, -0.25) is 9.59 Å². The first kappa shape index (κ1) is 23.3. The topological polar surface area (TPSA) is 114 Å². The number of amides is 2. The summed E-state index contributed by atoms with van der Waals surface area (Å²) < 4.78 is 38.5. The zero-order chi connectivity index (χ0) is 23.6. The molecule has 1 fully saturated rings. The Morgan fingerprint density at radius 1 is 1.00 bits per heavy atom.